The van der Waals surface area contributed by atoms with E-state index >= 15 is 0 Å². The van der Waals surface area contributed by atoms with Gasteiger partial charge in [-0.05, 0) is 36.6 Å². The first-order chi connectivity index (χ1) is 17.0. The topological polar surface area (TPSA) is 58.6 Å². The summed E-state index contributed by atoms with van der Waals surface area (Å²) < 4.78 is 5.76. The molecule has 0 heterocycles. The fourth-order valence-electron chi connectivity index (χ4n) is 3.73. The molecule has 0 aliphatic carbocycles. The number of hydrogen-bond acceptors (Lipinski definition) is 3. The highest BCUT2D eigenvalue weighted by Gasteiger charge is 2.30. The van der Waals surface area contributed by atoms with Crippen molar-refractivity contribution in [2.45, 2.75) is 45.7 Å². The van der Waals surface area contributed by atoms with Crippen LogP contribution in [0.4, 0.5) is 0 Å². The van der Waals surface area contributed by atoms with Crippen LogP contribution in [0, 0.1) is 6.92 Å². The summed E-state index contributed by atoms with van der Waals surface area (Å²) in [5.41, 5.74) is 3.06. The maximum atomic E-state index is 13.5. The second-order valence-electron chi connectivity index (χ2n) is 8.58. The van der Waals surface area contributed by atoms with E-state index in [1.165, 1.54) is 0 Å². The molecule has 0 aliphatic rings. The van der Waals surface area contributed by atoms with Crippen LogP contribution in [0.15, 0.2) is 78.9 Å². The van der Waals surface area contributed by atoms with E-state index < -0.39 is 6.04 Å². The lowest BCUT2D eigenvalue weighted by molar-refractivity contribution is -0.142. The number of amides is 2. The monoisotopic (exact) mass is 492 g/mol. The average molecular weight is 493 g/mol. The number of aryl methyl sites for hydroxylation is 1. The Morgan fingerprint density at radius 1 is 0.943 bits per heavy atom. The molecule has 0 saturated carbocycles. The van der Waals surface area contributed by atoms with Gasteiger partial charge in [-0.3, -0.25) is 9.59 Å². The number of hydrogen-bond donors (Lipinski definition) is 1. The fourth-order valence-corrected chi connectivity index (χ4v) is 3.92. The predicted octanol–water partition coefficient (Wildman–Crippen LogP) is 5.58. The quantitative estimate of drug-likeness (QED) is 0.335. The molecule has 0 aliphatic heterocycles. The van der Waals surface area contributed by atoms with Crippen molar-refractivity contribution in [3.8, 4) is 5.75 Å². The van der Waals surface area contributed by atoms with Crippen molar-refractivity contribution in [3.63, 3.8) is 0 Å². The van der Waals surface area contributed by atoms with Crippen LogP contribution in [0.1, 0.15) is 36.5 Å². The number of carbonyl (C=O) groups excluding carboxylic acids is 2. The van der Waals surface area contributed by atoms with Crippen LogP contribution < -0.4 is 10.1 Å². The molecule has 3 aromatic rings. The van der Waals surface area contributed by atoms with Crippen LogP contribution in [0.25, 0.3) is 0 Å². The number of rotatable bonds is 12. The Hall–Kier alpha value is -3.31. The average Bonchev–Trinajstić information content (AvgIpc) is 2.87. The summed E-state index contributed by atoms with van der Waals surface area (Å²) in [7, 11) is 0. The molecule has 0 radical (unpaired) electrons. The van der Waals surface area contributed by atoms with Crippen molar-refractivity contribution in [2.75, 3.05) is 13.2 Å². The first kappa shape index (κ1) is 26.3. The van der Waals surface area contributed by atoms with Crippen LogP contribution in [0.3, 0.4) is 0 Å². The van der Waals surface area contributed by atoms with E-state index in [1.54, 1.807) is 29.2 Å². The van der Waals surface area contributed by atoms with E-state index in [2.05, 4.69) is 12.2 Å². The number of benzene rings is 3. The van der Waals surface area contributed by atoms with Crippen molar-refractivity contribution in [1.82, 2.24) is 10.2 Å². The SMILES string of the molecule is CCCCNC(=O)[C@@H](Cc1ccccc1)N(Cc1ccc(C)cc1)C(=O)COc1ccccc1Cl. The van der Waals surface area contributed by atoms with Crippen LogP contribution in [0.2, 0.25) is 5.02 Å². The van der Waals surface area contributed by atoms with Gasteiger partial charge in [-0.15, -0.1) is 0 Å². The molecule has 0 unspecified atom stereocenters. The van der Waals surface area contributed by atoms with Gasteiger partial charge in [0.05, 0.1) is 5.02 Å². The van der Waals surface area contributed by atoms with E-state index in [9.17, 15) is 9.59 Å². The van der Waals surface area contributed by atoms with Crippen molar-refractivity contribution in [3.05, 3.63) is 101 Å². The molecular formula is C29H33ClN2O3. The first-order valence-electron chi connectivity index (χ1n) is 12.0. The van der Waals surface area contributed by atoms with Crippen LogP contribution in [-0.4, -0.2) is 35.9 Å². The normalized spacial score (nSPS) is 11.5. The van der Waals surface area contributed by atoms with Gasteiger partial charge in [0, 0.05) is 19.5 Å². The van der Waals surface area contributed by atoms with E-state index in [4.69, 9.17) is 16.3 Å². The molecule has 3 rings (SSSR count). The lowest BCUT2D eigenvalue weighted by Gasteiger charge is -2.31. The molecule has 0 spiro atoms. The third-order valence-electron chi connectivity index (χ3n) is 5.76. The number of nitrogens with zero attached hydrogens (tertiary/aromatic N) is 1. The van der Waals surface area contributed by atoms with E-state index in [1.807, 2.05) is 61.5 Å². The lowest BCUT2D eigenvalue weighted by atomic mass is 10.0. The molecule has 1 atom stereocenters. The molecule has 0 aromatic heterocycles. The molecular weight excluding hydrogens is 460 g/mol. The fraction of sp³-hybridized carbons (Fsp3) is 0.310. The predicted molar refractivity (Wildman–Crippen MR) is 141 cm³/mol. The van der Waals surface area contributed by atoms with E-state index in [0.29, 0.717) is 30.3 Å². The number of ether oxygens (including phenoxy) is 1. The minimum Gasteiger partial charge on any atom is -0.482 e. The van der Waals surface area contributed by atoms with Crippen molar-refractivity contribution in [2.24, 2.45) is 0 Å². The van der Waals surface area contributed by atoms with Gasteiger partial charge in [0.25, 0.3) is 5.91 Å². The summed E-state index contributed by atoms with van der Waals surface area (Å²) in [6.07, 6.45) is 2.26. The Morgan fingerprint density at radius 3 is 2.31 bits per heavy atom. The lowest BCUT2D eigenvalue weighted by Crippen LogP contribution is -2.51. The Balaban J connectivity index is 1.88. The number of para-hydroxylation sites is 1. The van der Waals surface area contributed by atoms with Gasteiger partial charge in [0.15, 0.2) is 6.61 Å². The number of carbonyl (C=O) groups is 2. The zero-order valence-corrected chi connectivity index (χ0v) is 21.1. The third kappa shape index (κ3) is 8.15. The number of unbranched alkanes of at least 4 members (excludes halogenated alkanes) is 1. The number of nitrogens with one attached hydrogen (secondary N) is 1. The maximum Gasteiger partial charge on any atom is 0.261 e. The smallest absolute Gasteiger partial charge is 0.261 e. The van der Waals surface area contributed by atoms with Gasteiger partial charge in [0.1, 0.15) is 11.8 Å². The zero-order valence-electron chi connectivity index (χ0n) is 20.4. The summed E-state index contributed by atoms with van der Waals surface area (Å²) in [5, 5.41) is 3.46. The minimum absolute atomic E-state index is 0.166. The standard InChI is InChI=1S/C29H33ClN2O3/c1-3-4-18-31-29(34)26(19-23-10-6-5-7-11-23)32(20-24-16-14-22(2)15-17-24)28(33)21-35-27-13-9-8-12-25(27)30/h5-17,26H,3-4,18-21H2,1-2H3,(H,31,34)/t26-/m1/s1. The Morgan fingerprint density at radius 2 is 1.63 bits per heavy atom. The van der Waals surface area contributed by atoms with Crippen molar-refractivity contribution in [1.29, 1.82) is 0 Å². The van der Waals surface area contributed by atoms with Gasteiger partial charge in [0.2, 0.25) is 5.91 Å². The first-order valence-corrected chi connectivity index (χ1v) is 12.4. The van der Waals surface area contributed by atoms with Crippen LogP contribution in [0.5, 0.6) is 5.75 Å². The van der Waals surface area contributed by atoms with Crippen molar-refractivity contribution < 1.29 is 14.3 Å². The van der Waals surface area contributed by atoms with Gasteiger partial charge in [-0.25, -0.2) is 0 Å². The number of halogens is 1. The molecule has 6 heteroatoms. The largest absolute Gasteiger partial charge is 0.482 e. The maximum absolute atomic E-state index is 13.5. The summed E-state index contributed by atoms with van der Waals surface area (Å²) in [5.74, 6) is -0.0117. The summed E-state index contributed by atoms with van der Waals surface area (Å²) in [6, 6.07) is 24.1. The highest BCUT2D eigenvalue weighted by atomic mass is 35.5. The molecule has 0 saturated heterocycles. The van der Waals surface area contributed by atoms with Gasteiger partial charge in [-0.1, -0.05) is 97.2 Å². The zero-order chi connectivity index (χ0) is 25.0. The van der Waals surface area contributed by atoms with Gasteiger partial charge in [-0.2, -0.15) is 0 Å². The van der Waals surface area contributed by atoms with Gasteiger partial charge < -0.3 is 15.0 Å². The van der Waals surface area contributed by atoms with Crippen LogP contribution >= 0.6 is 11.6 Å². The van der Waals surface area contributed by atoms with Crippen LogP contribution in [-0.2, 0) is 22.6 Å². The molecule has 5 nitrogen and oxygen atoms in total. The Labute approximate surface area is 213 Å². The molecule has 0 bridgehead atoms. The highest BCUT2D eigenvalue weighted by Crippen LogP contribution is 2.23. The highest BCUT2D eigenvalue weighted by molar-refractivity contribution is 6.32. The molecule has 3 aromatic carbocycles. The molecule has 2 amide bonds. The Kier molecular flexibility index (Phi) is 10.2. The molecule has 1 N–H and O–H groups in total. The Bertz CT molecular complexity index is 1090. The summed E-state index contributed by atoms with van der Waals surface area (Å²) in [6.45, 7) is 4.74. The molecule has 35 heavy (non-hydrogen) atoms. The summed E-state index contributed by atoms with van der Waals surface area (Å²) >= 11 is 6.21. The molecule has 184 valence electrons. The van der Waals surface area contributed by atoms with E-state index in [0.717, 1.165) is 29.5 Å². The van der Waals surface area contributed by atoms with Gasteiger partial charge >= 0.3 is 0 Å². The van der Waals surface area contributed by atoms with Crippen molar-refractivity contribution >= 4 is 23.4 Å². The molecule has 0 fully saturated rings. The van der Waals surface area contributed by atoms with E-state index in [-0.39, 0.29) is 18.4 Å². The third-order valence-corrected chi connectivity index (χ3v) is 6.07. The summed E-state index contributed by atoms with van der Waals surface area (Å²) in [4.78, 5) is 28.5. The second kappa shape index (κ2) is 13.5. The second-order valence-corrected chi connectivity index (χ2v) is 8.98. The minimum atomic E-state index is -0.682.